The van der Waals surface area contributed by atoms with E-state index in [2.05, 4.69) is 34.6 Å². The molecule has 0 aromatic rings. The van der Waals surface area contributed by atoms with Crippen molar-refractivity contribution in [3.8, 4) is 0 Å². The van der Waals surface area contributed by atoms with Crippen molar-refractivity contribution in [1.29, 1.82) is 0 Å². The third-order valence-electron chi connectivity index (χ3n) is 12.7. The standard InChI is InChI=1S/C56H108O6/c1-6-7-8-9-10-11-12-16-21-28-33-38-43-48-56(59)62-53(50-61-55(58)47-42-37-32-27-23-22-25-30-35-40-45-52(4)5)49-60-54(57)46-41-36-31-26-20-18-15-13-14-17-19-24-29-34-39-44-51(2)3/h51-53H,6-50H2,1-5H3/t53-/m1/s1. The molecule has 0 aliphatic rings. The monoisotopic (exact) mass is 877 g/mol. The molecule has 0 saturated carbocycles. The Bertz CT molecular complexity index is 947. The number of carbonyl (C=O) groups is 3. The molecule has 6 heteroatoms. The molecule has 0 saturated heterocycles. The van der Waals surface area contributed by atoms with E-state index in [1.165, 1.54) is 199 Å². The van der Waals surface area contributed by atoms with Crippen LogP contribution in [-0.2, 0) is 28.6 Å². The first-order valence-electron chi connectivity index (χ1n) is 27.7. The Morgan fingerprint density at radius 1 is 0.306 bits per heavy atom. The molecule has 0 N–H and O–H groups in total. The summed E-state index contributed by atoms with van der Waals surface area (Å²) in [5.74, 6) is 0.825. The highest BCUT2D eigenvalue weighted by Crippen LogP contribution is 2.18. The minimum atomic E-state index is -0.762. The predicted molar refractivity (Wildman–Crippen MR) is 266 cm³/mol. The molecule has 0 radical (unpaired) electrons. The topological polar surface area (TPSA) is 78.9 Å². The Kier molecular flexibility index (Phi) is 47.6. The molecular formula is C56H108O6. The van der Waals surface area contributed by atoms with Gasteiger partial charge >= 0.3 is 17.9 Å². The largest absolute Gasteiger partial charge is 0.462 e. The summed E-state index contributed by atoms with van der Waals surface area (Å²) in [5.41, 5.74) is 0. The minimum Gasteiger partial charge on any atom is -0.462 e. The fourth-order valence-electron chi connectivity index (χ4n) is 8.52. The summed E-state index contributed by atoms with van der Waals surface area (Å²) >= 11 is 0. The Morgan fingerprint density at radius 2 is 0.532 bits per heavy atom. The lowest BCUT2D eigenvalue weighted by molar-refractivity contribution is -0.167. The normalized spacial score (nSPS) is 12.0. The Labute approximate surface area is 387 Å². The van der Waals surface area contributed by atoms with E-state index in [4.69, 9.17) is 14.2 Å². The average Bonchev–Trinajstić information content (AvgIpc) is 3.24. The van der Waals surface area contributed by atoms with Crippen LogP contribution in [0.5, 0.6) is 0 Å². The summed E-state index contributed by atoms with van der Waals surface area (Å²) in [5, 5.41) is 0. The Hall–Kier alpha value is -1.59. The van der Waals surface area contributed by atoms with Crippen molar-refractivity contribution in [2.45, 2.75) is 317 Å². The second kappa shape index (κ2) is 48.9. The van der Waals surface area contributed by atoms with Crippen LogP contribution < -0.4 is 0 Å². The molecule has 62 heavy (non-hydrogen) atoms. The van der Waals surface area contributed by atoms with E-state index in [0.29, 0.717) is 19.3 Å². The molecule has 0 amide bonds. The summed E-state index contributed by atoms with van der Waals surface area (Å²) in [6.07, 6.45) is 50.9. The number of hydrogen-bond donors (Lipinski definition) is 0. The summed E-state index contributed by atoms with van der Waals surface area (Å²) in [7, 11) is 0. The van der Waals surface area contributed by atoms with Crippen LogP contribution in [0.2, 0.25) is 0 Å². The van der Waals surface area contributed by atoms with E-state index in [1.54, 1.807) is 0 Å². The van der Waals surface area contributed by atoms with E-state index in [1.807, 2.05) is 0 Å². The van der Waals surface area contributed by atoms with Crippen LogP contribution in [0.4, 0.5) is 0 Å². The maximum atomic E-state index is 12.8. The first kappa shape index (κ1) is 60.4. The molecular weight excluding hydrogens is 769 g/mol. The van der Waals surface area contributed by atoms with Gasteiger partial charge in [0.05, 0.1) is 0 Å². The second-order valence-electron chi connectivity index (χ2n) is 20.2. The number of ether oxygens (including phenoxy) is 3. The van der Waals surface area contributed by atoms with Crippen LogP contribution in [-0.4, -0.2) is 37.2 Å². The van der Waals surface area contributed by atoms with Gasteiger partial charge in [0.2, 0.25) is 0 Å². The zero-order valence-electron chi connectivity index (χ0n) is 42.5. The zero-order valence-corrected chi connectivity index (χ0v) is 42.5. The highest BCUT2D eigenvalue weighted by molar-refractivity contribution is 5.71. The maximum absolute atomic E-state index is 12.8. The fourth-order valence-corrected chi connectivity index (χ4v) is 8.52. The van der Waals surface area contributed by atoms with Crippen molar-refractivity contribution < 1.29 is 28.6 Å². The fraction of sp³-hybridized carbons (Fsp3) is 0.946. The quantitative estimate of drug-likeness (QED) is 0.0344. The van der Waals surface area contributed by atoms with E-state index >= 15 is 0 Å². The zero-order chi connectivity index (χ0) is 45.4. The molecule has 0 aliphatic heterocycles. The first-order valence-corrected chi connectivity index (χ1v) is 27.7. The van der Waals surface area contributed by atoms with Crippen molar-refractivity contribution in [3.63, 3.8) is 0 Å². The van der Waals surface area contributed by atoms with Gasteiger partial charge in [-0.3, -0.25) is 14.4 Å². The number of hydrogen-bond acceptors (Lipinski definition) is 6. The lowest BCUT2D eigenvalue weighted by Gasteiger charge is -2.18. The molecule has 0 heterocycles. The Balaban J connectivity index is 4.28. The molecule has 1 atom stereocenters. The lowest BCUT2D eigenvalue weighted by atomic mass is 10.0. The average molecular weight is 877 g/mol. The molecule has 0 aromatic carbocycles. The molecule has 6 nitrogen and oxygen atoms in total. The van der Waals surface area contributed by atoms with Crippen molar-refractivity contribution in [2.75, 3.05) is 13.2 Å². The van der Waals surface area contributed by atoms with Crippen molar-refractivity contribution in [3.05, 3.63) is 0 Å². The van der Waals surface area contributed by atoms with Gasteiger partial charge in [-0.2, -0.15) is 0 Å². The third kappa shape index (κ3) is 49.4. The molecule has 368 valence electrons. The smallest absolute Gasteiger partial charge is 0.306 e. The predicted octanol–water partition coefficient (Wildman–Crippen LogP) is 18.1. The van der Waals surface area contributed by atoms with Crippen LogP contribution in [0.25, 0.3) is 0 Å². The van der Waals surface area contributed by atoms with Crippen LogP contribution in [0.15, 0.2) is 0 Å². The van der Waals surface area contributed by atoms with Gasteiger partial charge in [0.1, 0.15) is 13.2 Å². The van der Waals surface area contributed by atoms with Crippen molar-refractivity contribution >= 4 is 17.9 Å². The van der Waals surface area contributed by atoms with Gasteiger partial charge in [0.15, 0.2) is 6.10 Å². The molecule has 0 aliphatic carbocycles. The lowest BCUT2D eigenvalue weighted by Crippen LogP contribution is -2.30. The van der Waals surface area contributed by atoms with Gasteiger partial charge in [-0.15, -0.1) is 0 Å². The first-order chi connectivity index (χ1) is 30.2. The van der Waals surface area contributed by atoms with E-state index < -0.39 is 6.10 Å². The third-order valence-corrected chi connectivity index (χ3v) is 12.7. The Morgan fingerprint density at radius 3 is 0.790 bits per heavy atom. The number of esters is 3. The van der Waals surface area contributed by atoms with Crippen LogP contribution in [0.3, 0.4) is 0 Å². The van der Waals surface area contributed by atoms with Gasteiger partial charge in [-0.05, 0) is 31.1 Å². The van der Waals surface area contributed by atoms with Gasteiger partial charge in [0, 0.05) is 19.3 Å². The summed E-state index contributed by atoms with van der Waals surface area (Å²) in [6, 6.07) is 0. The summed E-state index contributed by atoms with van der Waals surface area (Å²) in [4.78, 5) is 38.0. The van der Waals surface area contributed by atoms with Crippen LogP contribution >= 0.6 is 0 Å². The van der Waals surface area contributed by atoms with Crippen LogP contribution in [0, 0.1) is 11.8 Å². The van der Waals surface area contributed by atoms with E-state index in [-0.39, 0.29) is 31.1 Å². The van der Waals surface area contributed by atoms with Crippen LogP contribution in [0.1, 0.15) is 311 Å². The van der Waals surface area contributed by atoms with Gasteiger partial charge < -0.3 is 14.2 Å². The van der Waals surface area contributed by atoms with Crippen molar-refractivity contribution in [1.82, 2.24) is 0 Å². The number of carbonyl (C=O) groups excluding carboxylic acids is 3. The molecule has 0 rings (SSSR count). The molecule has 0 aromatic heterocycles. The summed E-state index contributed by atoms with van der Waals surface area (Å²) in [6.45, 7) is 11.4. The number of unbranched alkanes of at least 4 members (excludes halogenated alkanes) is 35. The van der Waals surface area contributed by atoms with Gasteiger partial charge in [-0.1, -0.05) is 272 Å². The molecule has 0 spiro atoms. The molecule has 0 bridgehead atoms. The molecule has 0 fully saturated rings. The van der Waals surface area contributed by atoms with Gasteiger partial charge in [0.25, 0.3) is 0 Å². The maximum Gasteiger partial charge on any atom is 0.306 e. The molecule has 0 unspecified atom stereocenters. The van der Waals surface area contributed by atoms with Gasteiger partial charge in [-0.25, -0.2) is 0 Å². The highest BCUT2D eigenvalue weighted by Gasteiger charge is 2.19. The summed E-state index contributed by atoms with van der Waals surface area (Å²) < 4.78 is 16.9. The number of rotatable bonds is 50. The van der Waals surface area contributed by atoms with E-state index in [9.17, 15) is 14.4 Å². The SMILES string of the molecule is CCCCCCCCCCCCCCCC(=O)O[C@H](COC(=O)CCCCCCCCCCCCCCCCCC(C)C)COC(=O)CCCCCCCCCCCCC(C)C. The highest BCUT2D eigenvalue weighted by atomic mass is 16.6. The second-order valence-corrected chi connectivity index (χ2v) is 20.2. The minimum absolute atomic E-state index is 0.0630. The van der Waals surface area contributed by atoms with Crippen molar-refractivity contribution in [2.24, 2.45) is 11.8 Å². The van der Waals surface area contributed by atoms with E-state index in [0.717, 1.165) is 69.6 Å².